The average Bonchev–Trinajstić information content (AvgIpc) is 2.64. The highest BCUT2D eigenvalue weighted by atomic mass is 79.9. The Morgan fingerprint density at radius 2 is 1.78 bits per heavy atom. The molecule has 0 aliphatic heterocycles. The average molecular weight is 468 g/mol. The summed E-state index contributed by atoms with van der Waals surface area (Å²) in [6, 6.07) is 18.5. The van der Waals surface area contributed by atoms with E-state index in [9.17, 15) is 5.11 Å². The van der Waals surface area contributed by atoms with Crippen molar-refractivity contribution in [2.75, 3.05) is 6.61 Å². The zero-order chi connectivity index (χ0) is 18.4. The second-order valence-corrected chi connectivity index (χ2v) is 6.40. The van der Waals surface area contributed by atoms with Crippen molar-refractivity contribution in [2.45, 2.75) is 6.54 Å². The van der Waals surface area contributed by atoms with Gasteiger partial charge < -0.3 is 9.84 Å². The summed E-state index contributed by atoms with van der Waals surface area (Å²) in [6.45, 7) is 0.531. The van der Waals surface area contributed by atoms with Gasteiger partial charge in [0, 0.05) is 23.6 Å². The van der Waals surface area contributed by atoms with Gasteiger partial charge >= 0.3 is 0 Å². The predicted molar refractivity (Wildman–Crippen MR) is 112 cm³/mol. The van der Waals surface area contributed by atoms with Crippen molar-refractivity contribution in [3.05, 3.63) is 88.7 Å². The van der Waals surface area contributed by atoms with Crippen LogP contribution in [-0.4, -0.2) is 12.5 Å². The fourth-order valence-corrected chi connectivity index (χ4v) is 2.64. The lowest BCUT2D eigenvalue weighted by atomic mass is 10.2. The first kappa shape index (κ1) is 21.2. The molecule has 0 radical (unpaired) electrons. The topological polar surface area (TPSA) is 48.5 Å². The summed E-state index contributed by atoms with van der Waals surface area (Å²) in [5.41, 5.74) is 1.75. The third-order valence-corrected chi connectivity index (χ3v) is 4.30. The Kier molecular flexibility index (Phi) is 8.10. The molecule has 1 aromatic heterocycles. The SMILES string of the molecule is Br.[O-]C(COc1ccc(Cl)c(Cl)c1)=Nc1ccc[n+](Cc2ccccc2)c1. The van der Waals surface area contributed by atoms with Gasteiger partial charge in [-0.2, -0.15) is 4.57 Å². The molecule has 0 atom stereocenters. The molecule has 0 N–H and O–H groups in total. The van der Waals surface area contributed by atoms with Crippen molar-refractivity contribution < 1.29 is 14.4 Å². The number of aromatic nitrogens is 1. The standard InChI is InChI=1S/C20H16Cl2N2O2.BrH/c21-18-9-8-17(11-19(18)22)26-14-20(25)23-16-7-4-10-24(13-16)12-15-5-2-1-3-6-15;/h1-11,13H,12,14H2;1H. The van der Waals surface area contributed by atoms with Crippen LogP contribution in [0.4, 0.5) is 5.69 Å². The van der Waals surface area contributed by atoms with Crippen molar-refractivity contribution in [3.8, 4) is 5.75 Å². The Balaban J connectivity index is 0.00000261. The van der Waals surface area contributed by atoms with Crippen LogP contribution in [-0.2, 0) is 6.54 Å². The Labute approximate surface area is 178 Å². The number of rotatable bonds is 6. The molecule has 0 unspecified atom stereocenters. The summed E-state index contributed by atoms with van der Waals surface area (Å²) in [5.74, 6) is 0.0867. The molecule has 0 aliphatic rings. The van der Waals surface area contributed by atoms with E-state index >= 15 is 0 Å². The molecule has 4 nitrogen and oxygen atoms in total. The van der Waals surface area contributed by atoms with Gasteiger partial charge in [-0.1, -0.05) is 53.5 Å². The number of benzene rings is 2. The van der Waals surface area contributed by atoms with Crippen molar-refractivity contribution in [3.63, 3.8) is 0 Å². The molecule has 3 rings (SSSR count). The monoisotopic (exact) mass is 466 g/mol. The van der Waals surface area contributed by atoms with Crippen molar-refractivity contribution >= 4 is 51.8 Å². The Morgan fingerprint density at radius 1 is 1.00 bits per heavy atom. The van der Waals surface area contributed by atoms with Gasteiger partial charge in [0.1, 0.15) is 18.0 Å². The molecule has 0 spiro atoms. The van der Waals surface area contributed by atoms with Gasteiger partial charge in [0.05, 0.1) is 10.0 Å². The van der Waals surface area contributed by atoms with E-state index in [1.807, 2.05) is 53.4 Å². The molecule has 0 fully saturated rings. The fourth-order valence-electron chi connectivity index (χ4n) is 2.35. The lowest BCUT2D eigenvalue weighted by molar-refractivity contribution is -0.687. The molecule has 7 heteroatoms. The van der Waals surface area contributed by atoms with E-state index in [0.717, 1.165) is 0 Å². The first-order valence-electron chi connectivity index (χ1n) is 7.95. The van der Waals surface area contributed by atoms with Gasteiger partial charge in [-0.05, 0) is 18.2 Å². The Bertz CT molecular complexity index is 921. The highest BCUT2D eigenvalue weighted by Gasteiger charge is 2.04. The van der Waals surface area contributed by atoms with E-state index in [2.05, 4.69) is 4.99 Å². The zero-order valence-corrected chi connectivity index (χ0v) is 17.4. The van der Waals surface area contributed by atoms with Crippen molar-refractivity contribution in [1.29, 1.82) is 0 Å². The molecule has 0 amide bonds. The molecule has 0 saturated heterocycles. The Morgan fingerprint density at radius 3 is 2.52 bits per heavy atom. The van der Waals surface area contributed by atoms with Crippen molar-refractivity contribution in [2.24, 2.45) is 4.99 Å². The Hall–Kier alpha value is -2.08. The summed E-state index contributed by atoms with van der Waals surface area (Å²) in [6.07, 6.45) is 3.76. The molecule has 3 aromatic rings. The number of ether oxygens (including phenoxy) is 1. The fraction of sp³-hybridized carbons (Fsp3) is 0.100. The van der Waals surface area contributed by atoms with Crippen LogP contribution in [0, 0.1) is 0 Å². The molecule has 0 aliphatic carbocycles. The number of aliphatic imine (C=N–C) groups is 1. The maximum Gasteiger partial charge on any atom is 0.194 e. The third kappa shape index (κ3) is 6.54. The molecular weight excluding hydrogens is 451 g/mol. The largest absolute Gasteiger partial charge is 0.859 e. The van der Waals surface area contributed by atoms with Gasteiger partial charge in [0.25, 0.3) is 0 Å². The second-order valence-electron chi connectivity index (χ2n) is 5.59. The second kappa shape index (κ2) is 10.3. The summed E-state index contributed by atoms with van der Waals surface area (Å²) in [7, 11) is 0. The van der Waals surface area contributed by atoms with Crippen LogP contribution in [0.3, 0.4) is 0 Å². The van der Waals surface area contributed by atoms with Crippen LogP contribution in [0.1, 0.15) is 5.56 Å². The van der Waals surface area contributed by atoms with Crippen LogP contribution >= 0.6 is 40.2 Å². The first-order chi connectivity index (χ1) is 12.6. The van der Waals surface area contributed by atoms with E-state index < -0.39 is 0 Å². The number of hydrogen-bond acceptors (Lipinski definition) is 3. The summed E-state index contributed by atoms with van der Waals surface area (Å²) in [4.78, 5) is 4.07. The highest BCUT2D eigenvalue weighted by molar-refractivity contribution is 8.93. The summed E-state index contributed by atoms with van der Waals surface area (Å²) < 4.78 is 7.38. The molecule has 0 saturated carbocycles. The maximum absolute atomic E-state index is 12.0. The van der Waals surface area contributed by atoms with Crippen molar-refractivity contribution in [1.82, 2.24) is 0 Å². The van der Waals surface area contributed by atoms with Gasteiger partial charge in [-0.25, -0.2) is 0 Å². The maximum atomic E-state index is 12.0. The van der Waals surface area contributed by atoms with Gasteiger partial charge in [0.2, 0.25) is 0 Å². The van der Waals surface area contributed by atoms with Gasteiger partial charge in [-0.15, -0.1) is 17.0 Å². The molecule has 1 heterocycles. The van der Waals surface area contributed by atoms with E-state index in [0.29, 0.717) is 28.0 Å². The minimum atomic E-state index is -0.381. The molecule has 0 bridgehead atoms. The zero-order valence-electron chi connectivity index (χ0n) is 14.2. The third-order valence-electron chi connectivity index (χ3n) is 3.56. The lowest BCUT2D eigenvalue weighted by Gasteiger charge is -2.12. The van der Waals surface area contributed by atoms with Crippen LogP contribution < -0.4 is 14.4 Å². The van der Waals surface area contributed by atoms with E-state index in [1.165, 1.54) is 5.56 Å². The normalized spacial score (nSPS) is 11.0. The van der Waals surface area contributed by atoms with Gasteiger partial charge in [0.15, 0.2) is 18.9 Å². The smallest absolute Gasteiger partial charge is 0.194 e. The lowest BCUT2D eigenvalue weighted by Crippen LogP contribution is -2.33. The molecular formula is C20H17BrCl2N2O2. The van der Waals surface area contributed by atoms with Gasteiger partial charge in [-0.3, -0.25) is 4.99 Å². The van der Waals surface area contributed by atoms with Crippen LogP contribution in [0.25, 0.3) is 0 Å². The first-order valence-corrected chi connectivity index (χ1v) is 8.71. The van der Waals surface area contributed by atoms with Crippen LogP contribution in [0.15, 0.2) is 78.0 Å². The summed E-state index contributed by atoms with van der Waals surface area (Å²) >= 11 is 11.8. The van der Waals surface area contributed by atoms with Crippen LogP contribution in [0.5, 0.6) is 5.75 Å². The van der Waals surface area contributed by atoms with E-state index in [1.54, 1.807) is 24.3 Å². The molecule has 27 heavy (non-hydrogen) atoms. The number of hydrogen-bond donors (Lipinski definition) is 0. The summed E-state index contributed by atoms with van der Waals surface area (Å²) in [5, 5.41) is 12.9. The minimum Gasteiger partial charge on any atom is -0.859 e. The number of halogens is 3. The van der Waals surface area contributed by atoms with E-state index in [-0.39, 0.29) is 29.5 Å². The molecule has 140 valence electrons. The highest BCUT2D eigenvalue weighted by Crippen LogP contribution is 2.26. The molecule has 2 aromatic carbocycles. The number of pyridine rings is 1. The number of nitrogens with zero attached hydrogens (tertiary/aromatic N) is 2. The minimum absolute atomic E-state index is 0. The quantitative estimate of drug-likeness (QED) is 0.307. The van der Waals surface area contributed by atoms with E-state index in [4.69, 9.17) is 27.9 Å². The van der Waals surface area contributed by atoms with Crippen LogP contribution in [0.2, 0.25) is 10.0 Å². The predicted octanol–water partition coefficient (Wildman–Crippen LogP) is 4.38.